The molecule has 0 amide bonds. The maximum atomic E-state index is 8.84. The third kappa shape index (κ3) is 2.99. The topological polar surface area (TPSA) is 98.5 Å². The van der Waals surface area contributed by atoms with Gasteiger partial charge in [-0.05, 0) is 29.8 Å². The van der Waals surface area contributed by atoms with E-state index in [1.165, 1.54) is 0 Å². The fraction of sp³-hybridized carbons (Fsp3) is 0.0714. The lowest BCUT2D eigenvalue weighted by atomic mass is 10.1. The predicted octanol–water partition coefficient (Wildman–Crippen LogP) is 2.02. The van der Waals surface area contributed by atoms with Crippen molar-refractivity contribution < 1.29 is 0 Å². The zero-order valence-corrected chi connectivity index (χ0v) is 10.1. The van der Waals surface area contributed by atoms with Gasteiger partial charge in [-0.1, -0.05) is 12.1 Å². The Bertz CT molecular complexity index is 679. The Labute approximate surface area is 110 Å². The smallest absolute Gasteiger partial charge is 0.165 e. The average Bonchev–Trinajstić information content (AvgIpc) is 2.46. The fourth-order valence-corrected chi connectivity index (χ4v) is 1.60. The van der Waals surface area contributed by atoms with Crippen molar-refractivity contribution in [3.8, 4) is 12.1 Å². The maximum absolute atomic E-state index is 8.84. The molecule has 3 N–H and O–H groups in total. The van der Waals surface area contributed by atoms with Crippen molar-refractivity contribution in [2.45, 2.75) is 6.54 Å². The molecule has 0 unspecified atom stereocenters. The summed E-state index contributed by atoms with van der Waals surface area (Å²) in [4.78, 5) is 4.09. The Hall–Kier alpha value is -3.05. The Kier molecular flexibility index (Phi) is 3.61. The molecule has 0 aliphatic carbocycles. The summed E-state index contributed by atoms with van der Waals surface area (Å²) in [6.45, 7) is 0.525. The number of hydrogen-bond donors (Lipinski definition) is 2. The fourth-order valence-electron chi connectivity index (χ4n) is 1.60. The molecule has 5 nitrogen and oxygen atoms in total. The van der Waals surface area contributed by atoms with E-state index < -0.39 is 0 Å². The molecule has 1 aromatic carbocycles. The molecule has 2 aromatic rings. The van der Waals surface area contributed by atoms with E-state index in [1.807, 2.05) is 18.2 Å². The lowest BCUT2D eigenvalue weighted by Crippen LogP contribution is -2.03. The summed E-state index contributed by atoms with van der Waals surface area (Å²) in [5, 5.41) is 20.7. The van der Waals surface area contributed by atoms with Gasteiger partial charge in [0.05, 0.1) is 17.3 Å². The maximum Gasteiger partial charge on any atom is 0.165 e. The molecule has 92 valence electrons. The number of nitrogens with two attached hydrogens (primary N) is 1. The first-order chi connectivity index (χ1) is 9.22. The number of nitriles is 2. The Morgan fingerprint density at radius 3 is 2.74 bits per heavy atom. The third-order valence-electron chi connectivity index (χ3n) is 2.56. The van der Waals surface area contributed by atoms with E-state index in [9.17, 15) is 0 Å². The number of aromatic nitrogens is 1. The van der Waals surface area contributed by atoms with E-state index in [0.29, 0.717) is 23.6 Å². The van der Waals surface area contributed by atoms with Gasteiger partial charge in [-0.25, -0.2) is 4.98 Å². The van der Waals surface area contributed by atoms with Crippen molar-refractivity contribution in [3.05, 3.63) is 53.2 Å². The first kappa shape index (κ1) is 12.4. The van der Waals surface area contributed by atoms with Gasteiger partial charge in [-0.3, -0.25) is 0 Å². The minimum absolute atomic E-state index is 0.204. The van der Waals surface area contributed by atoms with Crippen molar-refractivity contribution >= 4 is 11.5 Å². The minimum Gasteiger partial charge on any atom is -0.396 e. The summed E-state index contributed by atoms with van der Waals surface area (Å²) >= 11 is 0. The molecule has 0 aliphatic rings. The van der Waals surface area contributed by atoms with Gasteiger partial charge in [0.15, 0.2) is 5.69 Å². The number of nitrogen functional groups attached to an aromatic ring is 1. The van der Waals surface area contributed by atoms with Gasteiger partial charge in [0.2, 0.25) is 0 Å². The Morgan fingerprint density at radius 1 is 1.16 bits per heavy atom. The van der Waals surface area contributed by atoms with Gasteiger partial charge in [-0.2, -0.15) is 10.5 Å². The van der Waals surface area contributed by atoms with Crippen LogP contribution in [0.3, 0.4) is 0 Å². The van der Waals surface area contributed by atoms with E-state index in [0.717, 1.165) is 5.56 Å². The second kappa shape index (κ2) is 5.52. The molecule has 0 saturated carbocycles. The van der Waals surface area contributed by atoms with Crippen molar-refractivity contribution in [1.82, 2.24) is 4.98 Å². The van der Waals surface area contributed by atoms with Crippen LogP contribution in [0.15, 0.2) is 36.4 Å². The molecule has 19 heavy (non-hydrogen) atoms. The minimum atomic E-state index is 0.204. The highest BCUT2D eigenvalue weighted by Gasteiger charge is 2.02. The highest BCUT2D eigenvalue weighted by Crippen LogP contribution is 2.13. The summed E-state index contributed by atoms with van der Waals surface area (Å²) in [6, 6.07) is 14.7. The zero-order chi connectivity index (χ0) is 13.7. The number of anilines is 2. The van der Waals surface area contributed by atoms with Crippen LogP contribution in [-0.2, 0) is 6.54 Å². The first-order valence-electron chi connectivity index (χ1n) is 5.62. The van der Waals surface area contributed by atoms with Crippen LogP contribution in [-0.4, -0.2) is 4.98 Å². The van der Waals surface area contributed by atoms with Gasteiger partial charge in [0, 0.05) is 6.54 Å². The lowest BCUT2D eigenvalue weighted by Gasteiger charge is -2.07. The number of nitrogens with zero attached hydrogens (tertiary/aromatic N) is 3. The summed E-state index contributed by atoms with van der Waals surface area (Å²) < 4.78 is 0. The molecule has 5 heteroatoms. The van der Waals surface area contributed by atoms with Crippen LogP contribution < -0.4 is 11.1 Å². The van der Waals surface area contributed by atoms with Crippen LogP contribution in [0.1, 0.15) is 16.8 Å². The molecule has 0 saturated heterocycles. The second-order valence-corrected chi connectivity index (χ2v) is 3.91. The summed E-state index contributed by atoms with van der Waals surface area (Å²) in [5.41, 5.74) is 7.74. The SMILES string of the molecule is N#Cc1cccc(CNc2ccc(N)c(C#N)n2)c1. The number of benzene rings is 1. The van der Waals surface area contributed by atoms with Gasteiger partial charge in [-0.15, -0.1) is 0 Å². The van der Waals surface area contributed by atoms with Gasteiger partial charge in [0.1, 0.15) is 11.9 Å². The first-order valence-corrected chi connectivity index (χ1v) is 5.62. The largest absolute Gasteiger partial charge is 0.396 e. The summed E-state index contributed by atoms with van der Waals surface area (Å²) in [7, 11) is 0. The van der Waals surface area contributed by atoms with Gasteiger partial charge >= 0.3 is 0 Å². The van der Waals surface area contributed by atoms with Gasteiger partial charge < -0.3 is 11.1 Å². The molecule has 1 heterocycles. The predicted molar refractivity (Wildman–Crippen MR) is 71.8 cm³/mol. The molecular formula is C14H11N5. The number of hydrogen-bond acceptors (Lipinski definition) is 5. The number of rotatable bonds is 3. The Balaban J connectivity index is 2.11. The van der Waals surface area contributed by atoms with Crippen LogP contribution in [0.5, 0.6) is 0 Å². The monoisotopic (exact) mass is 249 g/mol. The normalized spacial score (nSPS) is 9.37. The molecule has 0 aliphatic heterocycles. The molecule has 2 rings (SSSR count). The average molecular weight is 249 g/mol. The molecule has 0 atom stereocenters. The highest BCUT2D eigenvalue weighted by molar-refractivity contribution is 5.54. The van der Waals surface area contributed by atoms with Crippen LogP contribution >= 0.6 is 0 Å². The molecule has 0 bridgehead atoms. The van der Waals surface area contributed by atoms with E-state index in [4.69, 9.17) is 16.3 Å². The van der Waals surface area contributed by atoms with Crippen molar-refractivity contribution in [1.29, 1.82) is 10.5 Å². The summed E-state index contributed by atoms with van der Waals surface area (Å²) in [5.74, 6) is 0.577. The Morgan fingerprint density at radius 2 is 2.00 bits per heavy atom. The second-order valence-electron chi connectivity index (χ2n) is 3.91. The number of pyridine rings is 1. The van der Waals surface area contributed by atoms with Crippen LogP contribution in [0.4, 0.5) is 11.5 Å². The quantitative estimate of drug-likeness (QED) is 0.867. The summed E-state index contributed by atoms with van der Waals surface area (Å²) in [6.07, 6.45) is 0. The van der Waals surface area contributed by atoms with E-state index >= 15 is 0 Å². The van der Waals surface area contributed by atoms with Gasteiger partial charge in [0.25, 0.3) is 0 Å². The highest BCUT2D eigenvalue weighted by atomic mass is 15.0. The zero-order valence-electron chi connectivity index (χ0n) is 10.1. The van der Waals surface area contributed by atoms with Crippen LogP contribution in [0.25, 0.3) is 0 Å². The molecule has 0 fully saturated rings. The third-order valence-corrected chi connectivity index (χ3v) is 2.56. The van der Waals surface area contributed by atoms with Crippen LogP contribution in [0.2, 0.25) is 0 Å². The van der Waals surface area contributed by atoms with Crippen molar-refractivity contribution in [2.24, 2.45) is 0 Å². The molecule has 1 aromatic heterocycles. The van der Waals surface area contributed by atoms with E-state index in [1.54, 1.807) is 24.3 Å². The van der Waals surface area contributed by atoms with Crippen LogP contribution in [0, 0.1) is 22.7 Å². The van der Waals surface area contributed by atoms with E-state index in [2.05, 4.69) is 16.4 Å². The molecule has 0 radical (unpaired) electrons. The number of nitrogens with one attached hydrogen (secondary N) is 1. The molecule has 0 spiro atoms. The molecular weight excluding hydrogens is 238 g/mol. The van der Waals surface area contributed by atoms with Crippen molar-refractivity contribution in [2.75, 3.05) is 11.1 Å². The lowest BCUT2D eigenvalue weighted by molar-refractivity contribution is 1.10. The van der Waals surface area contributed by atoms with E-state index in [-0.39, 0.29) is 5.69 Å². The standard InChI is InChI=1S/C14H11N5/c15-7-10-2-1-3-11(6-10)9-18-14-5-4-12(17)13(8-16)19-14/h1-6H,9,17H2,(H,18,19). The van der Waals surface area contributed by atoms with Crippen molar-refractivity contribution in [3.63, 3.8) is 0 Å².